The monoisotopic (exact) mass is 201 g/mol. The van der Waals surface area contributed by atoms with E-state index in [0.717, 1.165) is 5.56 Å². The van der Waals surface area contributed by atoms with Gasteiger partial charge in [-0.05, 0) is 18.6 Å². The molecular formula is C11H11N3O. The Bertz CT molecular complexity index is 471. The van der Waals surface area contributed by atoms with Crippen molar-refractivity contribution in [2.75, 3.05) is 5.73 Å². The van der Waals surface area contributed by atoms with Gasteiger partial charge in [0.15, 0.2) is 5.75 Å². The Balaban J connectivity index is 2.26. The number of rotatable bonds is 2. The van der Waals surface area contributed by atoms with E-state index in [1.165, 1.54) is 0 Å². The maximum atomic E-state index is 5.70. The molecule has 0 aliphatic rings. The first-order chi connectivity index (χ1) is 7.25. The molecule has 76 valence electrons. The first-order valence-corrected chi connectivity index (χ1v) is 4.55. The first-order valence-electron chi connectivity index (χ1n) is 4.55. The highest BCUT2D eigenvalue weighted by molar-refractivity contribution is 5.51. The van der Waals surface area contributed by atoms with E-state index in [1.807, 2.05) is 13.0 Å². The van der Waals surface area contributed by atoms with Crippen LogP contribution in [0.15, 0.2) is 36.9 Å². The minimum absolute atomic E-state index is 0.513. The zero-order valence-electron chi connectivity index (χ0n) is 8.34. The van der Waals surface area contributed by atoms with Gasteiger partial charge in [0.05, 0.1) is 18.1 Å². The van der Waals surface area contributed by atoms with Crippen molar-refractivity contribution in [3.8, 4) is 11.5 Å². The molecule has 0 aliphatic carbocycles. The third-order valence-electron chi connectivity index (χ3n) is 1.89. The molecule has 4 nitrogen and oxygen atoms in total. The van der Waals surface area contributed by atoms with E-state index in [-0.39, 0.29) is 0 Å². The number of pyridine rings is 2. The summed E-state index contributed by atoms with van der Waals surface area (Å²) in [5.74, 6) is 1.27. The molecule has 0 unspecified atom stereocenters. The smallest absolute Gasteiger partial charge is 0.153 e. The predicted octanol–water partition coefficient (Wildman–Crippen LogP) is 2.16. The highest BCUT2D eigenvalue weighted by atomic mass is 16.5. The van der Waals surface area contributed by atoms with Crippen molar-refractivity contribution in [3.63, 3.8) is 0 Å². The first kappa shape index (κ1) is 9.45. The van der Waals surface area contributed by atoms with Crippen molar-refractivity contribution in [3.05, 3.63) is 42.5 Å². The van der Waals surface area contributed by atoms with Gasteiger partial charge < -0.3 is 10.5 Å². The lowest BCUT2D eigenvalue weighted by Gasteiger charge is -2.07. The van der Waals surface area contributed by atoms with Crippen LogP contribution in [0.1, 0.15) is 5.56 Å². The Kier molecular flexibility index (Phi) is 2.49. The van der Waals surface area contributed by atoms with Crippen LogP contribution in [0, 0.1) is 6.92 Å². The molecule has 0 aliphatic heterocycles. The van der Waals surface area contributed by atoms with E-state index in [2.05, 4.69) is 9.97 Å². The van der Waals surface area contributed by atoms with E-state index in [1.54, 1.807) is 30.9 Å². The number of hydrogen-bond donors (Lipinski definition) is 1. The van der Waals surface area contributed by atoms with Gasteiger partial charge >= 0.3 is 0 Å². The van der Waals surface area contributed by atoms with Gasteiger partial charge in [-0.1, -0.05) is 0 Å². The second kappa shape index (κ2) is 3.96. The molecule has 0 radical (unpaired) electrons. The zero-order chi connectivity index (χ0) is 10.7. The van der Waals surface area contributed by atoms with Crippen LogP contribution in [0.2, 0.25) is 0 Å². The average Bonchev–Trinajstić information content (AvgIpc) is 2.22. The minimum atomic E-state index is 0.513. The summed E-state index contributed by atoms with van der Waals surface area (Å²) in [5, 5.41) is 0. The van der Waals surface area contributed by atoms with Crippen LogP contribution < -0.4 is 10.5 Å². The van der Waals surface area contributed by atoms with E-state index >= 15 is 0 Å². The Labute approximate surface area is 87.7 Å². The van der Waals surface area contributed by atoms with Gasteiger partial charge in [-0.25, -0.2) is 0 Å². The molecule has 0 fully saturated rings. The van der Waals surface area contributed by atoms with Crippen LogP contribution in [0.3, 0.4) is 0 Å². The topological polar surface area (TPSA) is 61.0 Å². The molecule has 15 heavy (non-hydrogen) atoms. The molecule has 2 N–H and O–H groups in total. The summed E-state index contributed by atoms with van der Waals surface area (Å²) in [6.07, 6.45) is 6.60. The number of aryl methyl sites for hydroxylation is 1. The Hall–Kier alpha value is -2.10. The molecule has 0 saturated carbocycles. The van der Waals surface area contributed by atoms with Crippen molar-refractivity contribution in [2.45, 2.75) is 6.92 Å². The van der Waals surface area contributed by atoms with Crippen LogP contribution in [0.4, 0.5) is 5.69 Å². The Morgan fingerprint density at radius 1 is 1.20 bits per heavy atom. The number of anilines is 1. The van der Waals surface area contributed by atoms with Gasteiger partial charge in [0.25, 0.3) is 0 Å². The lowest BCUT2D eigenvalue weighted by atomic mass is 10.3. The van der Waals surface area contributed by atoms with Crippen LogP contribution in [-0.4, -0.2) is 9.97 Å². The van der Waals surface area contributed by atoms with Gasteiger partial charge in [-0.15, -0.1) is 0 Å². The van der Waals surface area contributed by atoms with Crippen molar-refractivity contribution < 1.29 is 4.74 Å². The minimum Gasteiger partial charge on any atom is -0.453 e. The van der Waals surface area contributed by atoms with Crippen molar-refractivity contribution in [2.24, 2.45) is 0 Å². The molecule has 2 aromatic rings. The molecule has 4 heteroatoms. The van der Waals surface area contributed by atoms with Crippen LogP contribution in [0.5, 0.6) is 11.5 Å². The third-order valence-corrected chi connectivity index (χ3v) is 1.89. The molecule has 0 amide bonds. The fourth-order valence-corrected chi connectivity index (χ4v) is 1.20. The zero-order valence-corrected chi connectivity index (χ0v) is 8.34. The maximum Gasteiger partial charge on any atom is 0.153 e. The van der Waals surface area contributed by atoms with Gasteiger partial charge in [-0.2, -0.15) is 0 Å². The standard InChI is InChI=1S/C11H11N3O/c1-8-4-9(6-14-5-8)15-11-2-3-13-7-10(11)12/h2-7H,12H2,1H3. The molecule has 0 atom stereocenters. The highest BCUT2D eigenvalue weighted by Gasteiger charge is 2.01. The number of nitrogens with zero attached hydrogens (tertiary/aromatic N) is 2. The summed E-state index contributed by atoms with van der Waals surface area (Å²) in [5.41, 5.74) is 7.25. The summed E-state index contributed by atoms with van der Waals surface area (Å²) in [6, 6.07) is 3.62. The third kappa shape index (κ3) is 2.22. The quantitative estimate of drug-likeness (QED) is 0.808. The van der Waals surface area contributed by atoms with Gasteiger partial charge in [0, 0.05) is 18.5 Å². The van der Waals surface area contributed by atoms with Crippen molar-refractivity contribution >= 4 is 5.69 Å². The predicted molar refractivity (Wildman–Crippen MR) is 57.7 cm³/mol. The van der Waals surface area contributed by atoms with Crippen molar-refractivity contribution in [1.82, 2.24) is 9.97 Å². The fourth-order valence-electron chi connectivity index (χ4n) is 1.20. The van der Waals surface area contributed by atoms with E-state index in [9.17, 15) is 0 Å². The Morgan fingerprint density at radius 2 is 2.07 bits per heavy atom. The maximum absolute atomic E-state index is 5.70. The lowest BCUT2D eigenvalue weighted by Crippen LogP contribution is -1.93. The number of hydrogen-bond acceptors (Lipinski definition) is 4. The van der Waals surface area contributed by atoms with E-state index < -0.39 is 0 Å². The lowest BCUT2D eigenvalue weighted by molar-refractivity contribution is 0.481. The van der Waals surface area contributed by atoms with Gasteiger partial charge in [0.2, 0.25) is 0 Å². The number of nitrogen functional groups attached to an aromatic ring is 1. The van der Waals surface area contributed by atoms with E-state index in [4.69, 9.17) is 10.5 Å². The molecule has 2 rings (SSSR count). The van der Waals surface area contributed by atoms with E-state index in [0.29, 0.717) is 17.2 Å². The van der Waals surface area contributed by atoms with Crippen LogP contribution >= 0.6 is 0 Å². The number of ether oxygens (including phenoxy) is 1. The van der Waals surface area contributed by atoms with Gasteiger partial charge in [-0.3, -0.25) is 9.97 Å². The SMILES string of the molecule is Cc1cncc(Oc2ccncc2N)c1. The number of aromatic nitrogens is 2. The molecule has 0 spiro atoms. The van der Waals surface area contributed by atoms with Gasteiger partial charge in [0.1, 0.15) is 5.75 Å². The normalized spacial score (nSPS) is 9.93. The average molecular weight is 201 g/mol. The Morgan fingerprint density at radius 3 is 2.80 bits per heavy atom. The van der Waals surface area contributed by atoms with Crippen LogP contribution in [-0.2, 0) is 0 Å². The van der Waals surface area contributed by atoms with Crippen LogP contribution in [0.25, 0.3) is 0 Å². The largest absolute Gasteiger partial charge is 0.453 e. The summed E-state index contributed by atoms with van der Waals surface area (Å²) in [6.45, 7) is 1.95. The molecular weight excluding hydrogens is 190 g/mol. The number of nitrogens with two attached hydrogens (primary N) is 1. The summed E-state index contributed by atoms with van der Waals surface area (Å²) in [4.78, 5) is 7.91. The molecule has 2 aromatic heterocycles. The summed E-state index contributed by atoms with van der Waals surface area (Å²) in [7, 11) is 0. The molecule has 0 saturated heterocycles. The molecule has 2 heterocycles. The molecule has 0 bridgehead atoms. The second-order valence-corrected chi connectivity index (χ2v) is 3.21. The highest BCUT2D eigenvalue weighted by Crippen LogP contribution is 2.25. The fraction of sp³-hybridized carbons (Fsp3) is 0.0909. The molecule has 0 aromatic carbocycles. The van der Waals surface area contributed by atoms with Crippen molar-refractivity contribution in [1.29, 1.82) is 0 Å². The summed E-state index contributed by atoms with van der Waals surface area (Å²) < 4.78 is 5.56. The summed E-state index contributed by atoms with van der Waals surface area (Å²) >= 11 is 0. The second-order valence-electron chi connectivity index (χ2n) is 3.21.